The molecule has 1 aliphatic rings. The predicted octanol–water partition coefficient (Wildman–Crippen LogP) is 2.06. The molecule has 94 valence electrons. The Kier molecular flexibility index (Phi) is 4.12. The van der Waals surface area contributed by atoms with Gasteiger partial charge < -0.3 is 4.74 Å². The lowest BCUT2D eigenvalue weighted by molar-refractivity contribution is -0.148. The van der Waals surface area contributed by atoms with E-state index < -0.39 is 0 Å². The molecule has 1 aromatic rings. The average Bonchev–Trinajstić information content (AvgIpc) is 2.76. The van der Waals surface area contributed by atoms with E-state index in [0.717, 1.165) is 6.54 Å². The number of ether oxygens (including phenoxy) is 1. The van der Waals surface area contributed by atoms with Crippen LogP contribution >= 0.6 is 11.3 Å². The molecular formula is C12H18N2O2S. The van der Waals surface area contributed by atoms with Gasteiger partial charge in [-0.25, -0.2) is 0 Å². The normalized spacial score (nSPS) is 17.8. The van der Waals surface area contributed by atoms with Crippen molar-refractivity contribution in [3.05, 3.63) is 16.6 Å². The summed E-state index contributed by atoms with van der Waals surface area (Å²) in [5, 5.41) is 0. The minimum Gasteiger partial charge on any atom is -0.468 e. The van der Waals surface area contributed by atoms with Crippen LogP contribution < -0.4 is 0 Å². The zero-order chi connectivity index (χ0) is 12.3. The van der Waals surface area contributed by atoms with Crippen molar-refractivity contribution in [3.63, 3.8) is 0 Å². The van der Waals surface area contributed by atoms with E-state index in [4.69, 9.17) is 4.74 Å². The number of carbonyl (C=O) groups excluding carboxylic acids is 1. The maximum absolute atomic E-state index is 11.7. The van der Waals surface area contributed by atoms with Crippen LogP contribution in [0.4, 0.5) is 0 Å². The Bertz CT molecular complexity index is 363. The molecule has 0 bridgehead atoms. The Morgan fingerprint density at radius 3 is 2.94 bits per heavy atom. The molecule has 4 nitrogen and oxygen atoms in total. The zero-order valence-electron chi connectivity index (χ0n) is 10.3. The highest BCUT2D eigenvalue weighted by Crippen LogP contribution is 2.28. The quantitative estimate of drug-likeness (QED) is 0.754. The molecule has 5 heteroatoms. The largest absolute Gasteiger partial charge is 0.468 e. The van der Waals surface area contributed by atoms with Crippen LogP contribution in [0.1, 0.15) is 31.1 Å². The van der Waals surface area contributed by atoms with Crippen molar-refractivity contribution in [2.45, 2.75) is 44.8 Å². The van der Waals surface area contributed by atoms with Crippen LogP contribution in [0, 0.1) is 0 Å². The van der Waals surface area contributed by atoms with Crippen molar-refractivity contribution >= 4 is 17.3 Å². The minimum atomic E-state index is -0.174. The number of rotatable bonds is 5. The number of thiazole rings is 1. The van der Waals surface area contributed by atoms with Gasteiger partial charge in [-0.05, 0) is 19.8 Å². The van der Waals surface area contributed by atoms with Crippen LogP contribution in [-0.4, -0.2) is 35.0 Å². The lowest BCUT2D eigenvalue weighted by Gasteiger charge is -2.39. The Labute approximate surface area is 106 Å². The first-order valence-electron chi connectivity index (χ1n) is 5.93. The molecule has 0 N–H and O–H groups in total. The summed E-state index contributed by atoms with van der Waals surface area (Å²) in [5.74, 6) is -0.151. The number of nitrogens with zero attached hydrogens (tertiary/aromatic N) is 2. The molecule has 0 radical (unpaired) electrons. The van der Waals surface area contributed by atoms with Crippen molar-refractivity contribution in [1.82, 2.24) is 9.88 Å². The summed E-state index contributed by atoms with van der Waals surface area (Å²) < 4.78 is 4.84. The number of aromatic nitrogens is 1. The van der Waals surface area contributed by atoms with E-state index in [-0.39, 0.29) is 12.0 Å². The van der Waals surface area contributed by atoms with Crippen molar-refractivity contribution in [1.29, 1.82) is 0 Å². The van der Waals surface area contributed by atoms with Crippen LogP contribution in [0.25, 0.3) is 0 Å². The molecule has 0 unspecified atom stereocenters. The smallest absolute Gasteiger partial charge is 0.322 e. The van der Waals surface area contributed by atoms with Gasteiger partial charge in [-0.1, -0.05) is 6.42 Å². The topological polar surface area (TPSA) is 42.4 Å². The molecule has 1 atom stereocenters. The van der Waals surface area contributed by atoms with E-state index >= 15 is 0 Å². The van der Waals surface area contributed by atoms with Gasteiger partial charge in [0, 0.05) is 23.7 Å². The van der Waals surface area contributed by atoms with E-state index in [0.29, 0.717) is 6.04 Å². The van der Waals surface area contributed by atoms with Crippen LogP contribution in [0.5, 0.6) is 0 Å². The van der Waals surface area contributed by atoms with Gasteiger partial charge in [0.2, 0.25) is 0 Å². The molecule has 1 aliphatic carbocycles. The molecule has 0 aliphatic heterocycles. The molecule has 0 aromatic carbocycles. The summed E-state index contributed by atoms with van der Waals surface area (Å²) in [5.41, 5.74) is 1.83. The van der Waals surface area contributed by atoms with Crippen molar-refractivity contribution in [3.8, 4) is 0 Å². The summed E-state index contributed by atoms with van der Waals surface area (Å²) in [7, 11) is 1.45. The van der Waals surface area contributed by atoms with Gasteiger partial charge in [0.1, 0.15) is 6.04 Å². The monoisotopic (exact) mass is 254 g/mol. The Hall–Kier alpha value is -0.940. The lowest BCUT2D eigenvalue weighted by Crippen LogP contribution is -2.48. The highest BCUT2D eigenvalue weighted by molar-refractivity contribution is 7.09. The fourth-order valence-electron chi connectivity index (χ4n) is 2.11. The molecule has 0 spiro atoms. The minimum absolute atomic E-state index is 0.151. The first kappa shape index (κ1) is 12.5. The number of hydrogen-bond donors (Lipinski definition) is 0. The average molecular weight is 254 g/mol. The third kappa shape index (κ3) is 2.84. The predicted molar refractivity (Wildman–Crippen MR) is 66.8 cm³/mol. The maximum Gasteiger partial charge on any atom is 0.322 e. The van der Waals surface area contributed by atoms with Crippen LogP contribution in [0.3, 0.4) is 0 Å². The second-order valence-electron chi connectivity index (χ2n) is 4.42. The van der Waals surface area contributed by atoms with Gasteiger partial charge in [-0.2, -0.15) is 0 Å². The summed E-state index contributed by atoms with van der Waals surface area (Å²) in [6.45, 7) is 2.72. The number of esters is 1. The second-order valence-corrected chi connectivity index (χ2v) is 5.39. The SMILES string of the molecule is COC(=O)[C@H](C)N(Cc1cncs1)C1CCC1. The van der Waals surface area contributed by atoms with E-state index in [1.165, 1.54) is 31.2 Å². The van der Waals surface area contributed by atoms with Gasteiger partial charge in [0.15, 0.2) is 0 Å². The molecule has 0 amide bonds. The Morgan fingerprint density at radius 2 is 2.47 bits per heavy atom. The number of carbonyl (C=O) groups is 1. The summed E-state index contributed by atoms with van der Waals surface area (Å²) in [4.78, 5) is 19.2. The number of methoxy groups -OCH3 is 1. The van der Waals surface area contributed by atoms with Crippen LogP contribution in [-0.2, 0) is 16.1 Å². The summed E-state index contributed by atoms with van der Waals surface area (Å²) >= 11 is 1.64. The van der Waals surface area contributed by atoms with Gasteiger partial charge in [-0.15, -0.1) is 11.3 Å². The molecule has 1 fully saturated rings. The Balaban J connectivity index is 2.04. The summed E-state index contributed by atoms with van der Waals surface area (Å²) in [6.07, 6.45) is 5.50. The third-order valence-electron chi connectivity index (χ3n) is 3.41. The molecule has 1 heterocycles. The van der Waals surface area contributed by atoms with E-state index in [1.807, 2.05) is 18.6 Å². The first-order chi connectivity index (χ1) is 8.22. The highest BCUT2D eigenvalue weighted by atomic mass is 32.1. The number of hydrogen-bond acceptors (Lipinski definition) is 5. The fraction of sp³-hybridized carbons (Fsp3) is 0.667. The molecule has 1 aromatic heterocycles. The third-order valence-corrected chi connectivity index (χ3v) is 4.17. The van der Waals surface area contributed by atoms with Gasteiger partial charge in [-0.3, -0.25) is 14.7 Å². The van der Waals surface area contributed by atoms with E-state index in [9.17, 15) is 4.79 Å². The zero-order valence-corrected chi connectivity index (χ0v) is 11.1. The first-order valence-corrected chi connectivity index (χ1v) is 6.81. The van der Waals surface area contributed by atoms with Gasteiger partial charge >= 0.3 is 5.97 Å². The van der Waals surface area contributed by atoms with Crippen molar-refractivity contribution in [2.24, 2.45) is 0 Å². The maximum atomic E-state index is 11.7. The summed E-state index contributed by atoms with van der Waals surface area (Å²) in [6, 6.07) is 0.346. The molecule has 1 saturated carbocycles. The van der Waals surface area contributed by atoms with Gasteiger partial charge in [0.05, 0.1) is 12.6 Å². The molecule has 17 heavy (non-hydrogen) atoms. The molecule has 2 rings (SSSR count). The van der Waals surface area contributed by atoms with Crippen LogP contribution in [0.2, 0.25) is 0 Å². The lowest BCUT2D eigenvalue weighted by atomic mass is 9.90. The molecule has 0 saturated heterocycles. The fourth-order valence-corrected chi connectivity index (χ4v) is 2.71. The van der Waals surface area contributed by atoms with Crippen molar-refractivity contribution < 1.29 is 9.53 Å². The standard InChI is InChI=1S/C12H18N2O2S/c1-9(12(15)16-2)14(10-4-3-5-10)7-11-6-13-8-17-11/h6,8-10H,3-5,7H2,1-2H3/t9-/m0/s1. The van der Waals surface area contributed by atoms with E-state index in [2.05, 4.69) is 9.88 Å². The van der Waals surface area contributed by atoms with Crippen molar-refractivity contribution in [2.75, 3.05) is 7.11 Å². The second kappa shape index (κ2) is 5.60. The Morgan fingerprint density at radius 1 is 1.71 bits per heavy atom. The molecular weight excluding hydrogens is 236 g/mol. The van der Waals surface area contributed by atoms with Crippen LogP contribution in [0.15, 0.2) is 11.7 Å². The highest BCUT2D eigenvalue weighted by Gasteiger charge is 2.32. The van der Waals surface area contributed by atoms with Gasteiger partial charge in [0.25, 0.3) is 0 Å². The van der Waals surface area contributed by atoms with E-state index in [1.54, 1.807) is 11.3 Å².